The van der Waals surface area contributed by atoms with Crippen molar-refractivity contribution >= 4 is 33.5 Å². The van der Waals surface area contributed by atoms with Gasteiger partial charge in [0.25, 0.3) is 5.69 Å². The van der Waals surface area contributed by atoms with Crippen LogP contribution in [-0.2, 0) is 0 Å². The molecule has 0 unspecified atom stereocenters. The molecule has 2 aromatic rings. The third-order valence-corrected chi connectivity index (χ3v) is 2.97. The number of hydrogen-bond donors (Lipinski definition) is 2. The first-order valence-corrected chi connectivity index (χ1v) is 5.67. The van der Waals surface area contributed by atoms with Crippen LogP contribution >= 0.6 is 11.3 Å². The van der Waals surface area contributed by atoms with E-state index in [0.717, 1.165) is 10.8 Å². The van der Waals surface area contributed by atoms with Crippen LogP contribution in [0.1, 0.15) is 5.69 Å². The smallest absolute Gasteiger partial charge is 0.292 e. The fourth-order valence-corrected chi connectivity index (χ4v) is 2.04. The first-order chi connectivity index (χ1) is 8.06. The van der Waals surface area contributed by atoms with Crippen LogP contribution in [0.5, 0.6) is 0 Å². The molecule has 2 rings (SSSR count). The number of rotatable bonds is 3. The van der Waals surface area contributed by atoms with Crippen LogP contribution in [0.25, 0.3) is 0 Å². The lowest BCUT2D eigenvalue weighted by Gasteiger charge is -2.03. The number of nitrogen functional groups attached to an aromatic ring is 1. The number of anilines is 3. The molecule has 1 aromatic heterocycles. The van der Waals surface area contributed by atoms with E-state index in [9.17, 15) is 10.1 Å². The zero-order valence-electron chi connectivity index (χ0n) is 9.01. The predicted molar refractivity (Wildman–Crippen MR) is 67.6 cm³/mol. The van der Waals surface area contributed by atoms with Crippen LogP contribution in [-0.4, -0.2) is 9.91 Å². The van der Waals surface area contributed by atoms with Crippen molar-refractivity contribution in [2.24, 2.45) is 0 Å². The molecule has 6 nitrogen and oxygen atoms in total. The second-order valence-electron chi connectivity index (χ2n) is 3.45. The highest BCUT2D eigenvalue weighted by molar-refractivity contribution is 7.13. The average Bonchev–Trinajstić information content (AvgIpc) is 2.63. The summed E-state index contributed by atoms with van der Waals surface area (Å²) in [6.45, 7) is 1.89. The highest BCUT2D eigenvalue weighted by Crippen LogP contribution is 2.27. The van der Waals surface area contributed by atoms with Crippen LogP contribution in [0.2, 0.25) is 0 Å². The standard InChI is InChI=1S/C10H10N4O2S/c1-6-5-17-10(12-6)13-7-2-3-9(14(15)16)8(11)4-7/h2-5H,11H2,1H3,(H,12,13). The summed E-state index contributed by atoms with van der Waals surface area (Å²) in [6, 6.07) is 4.50. The Morgan fingerprint density at radius 3 is 2.82 bits per heavy atom. The van der Waals surface area contributed by atoms with Gasteiger partial charge < -0.3 is 11.1 Å². The van der Waals surface area contributed by atoms with E-state index in [2.05, 4.69) is 10.3 Å². The van der Waals surface area contributed by atoms with E-state index >= 15 is 0 Å². The molecule has 7 heteroatoms. The summed E-state index contributed by atoms with van der Waals surface area (Å²) in [5.41, 5.74) is 7.23. The van der Waals surface area contributed by atoms with E-state index < -0.39 is 4.92 Å². The van der Waals surface area contributed by atoms with Gasteiger partial charge in [-0.05, 0) is 19.1 Å². The maximum atomic E-state index is 10.6. The minimum absolute atomic E-state index is 0.0918. The van der Waals surface area contributed by atoms with Gasteiger partial charge in [0.05, 0.1) is 10.6 Å². The lowest BCUT2D eigenvalue weighted by Crippen LogP contribution is -1.97. The second-order valence-corrected chi connectivity index (χ2v) is 4.31. The molecule has 0 bridgehead atoms. The second kappa shape index (κ2) is 4.38. The summed E-state index contributed by atoms with van der Waals surface area (Å²) in [5, 5.41) is 16.3. The molecule has 1 aromatic carbocycles. The van der Waals surface area contributed by atoms with Gasteiger partial charge in [0, 0.05) is 17.1 Å². The van der Waals surface area contributed by atoms with E-state index in [0.29, 0.717) is 5.69 Å². The number of hydrogen-bond acceptors (Lipinski definition) is 6. The van der Waals surface area contributed by atoms with Gasteiger partial charge in [-0.25, -0.2) is 4.98 Å². The molecular formula is C10H10N4O2S. The first kappa shape index (κ1) is 11.3. The Balaban J connectivity index is 2.23. The van der Waals surface area contributed by atoms with Crippen LogP contribution in [0.15, 0.2) is 23.6 Å². The van der Waals surface area contributed by atoms with E-state index in [4.69, 9.17) is 5.73 Å². The molecule has 1 heterocycles. The van der Waals surface area contributed by atoms with Crippen LogP contribution < -0.4 is 11.1 Å². The van der Waals surface area contributed by atoms with E-state index in [1.54, 1.807) is 6.07 Å². The fraction of sp³-hybridized carbons (Fsp3) is 0.100. The zero-order valence-corrected chi connectivity index (χ0v) is 9.82. The number of nitro benzene ring substituents is 1. The van der Waals surface area contributed by atoms with Crippen molar-refractivity contribution in [1.29, 1.82) is 0 Å². The lowest BCUT2D eigenvalue weighted by atomic mass is 10.2. The molecule has 0 atom stereocenters. The molecule has 3 N–H and O–H groups in total. The van der Waals surface area contributed by atoms with Crippen molar-refractivity contribution in [3.05, 3.63) is 39.4 Å². The third kappa shape index (κ3) is 2.51. The summed E-state index contributed by atoms with van der Waals surface area (Å²) >= 11 is 1.46. The van der Waals surface area contributed by atoms with Gasteiger partial charge in [0.2, 0.25) is 0 Å². The first-order valence-electron chi connectivity index (χ1n) is 4.79. The Bertz CT molecular complexity index is 567. The van der Waals surface area contributed by atoms with Crippen molar-refractivity contribution in [3.8, 4) is 0 Å². The maximum Gasteiger partial charge on any atom is 0.292 e. The Morgan fingerprint density at radius 1 is 1.53 bits per heavy atom. The van der Waals surface area contributed by atoms with Crippen molar-refractivity contribution in [1.82, 2.24) is 4.98 Å². The zero-order chi connectivity index (χ0) is 12.4. The van der Waals surface area contributed by atoms with Gasteiger partial charge in [0.1, 0.15) is 5.69 Å². The molecule has 17 heavy (non-hydrogen) atoms. The minimum Gasteiger partial charge on any atom is -0.393 e. The molecule has 0 amide bonds. The topological polar surface area (TPSA) is 94.1 Å². The molecule has 0 spiro atoms. The highest BCUT2D eigenvalue weighted by atomic mass is 32.1. The van der Waals surface area contributed by atoms with Gasteiger partial charge in [-0.15, -0.1) is 11.3 Å². The van der Waals surface area contributed by atoms with Crippen LogP contribution in [0.3, 0.4) is 0 Å². The van der Waals surface area contributed by atoms with Crippen molar-refractivity contribution < 1.29 is 4.92 Å². The highest BCUT2D eigenvalue weighted by Gasteiger charge is 2.11. The van der Waals surface area contributed by atoms with E-state index in [-0.39, 0.29) is 11.4 Å². The Labute approximate surface area is 101 Å². The molecule has 0 aliphatic heterocycles. The summed E-state index contributed by atoms with van der Waals surface area (Å²) < 4.78 is 0. The van der Waals surface area contributed by atoms with Gasteiger partial charge in [-0.2, -0.15) is 0 Å². The predicted octanol–water partition coefficient (Wildman–Crippen LogP) is 2.69. The summed E-state index contributed by atoms with van der Waals surface area (Å²) in [4.78, 5) is 14.3. The van der Waals surface area contributed by atoms with Crippen molar-refractivity contribution in [3.63, 3.8) is 0 Å². The average molecular weight is 250 g/mol. The van der Waals surface area contributed by atoms with Gasteiger partial charge >= 0.3 is 0 Å². The fourth-order valence-electron chi connectivity index (χ4n) is 1.33. The number of thiazole rings is 1. The van der Waals surface area contributed by atoms with E-state index in [1.807, 2.05) is 12.3 Å². The summed E-state index contributed by atoms with van der Waals surface area (Å²) in [6.07, 6.45) is 0. The summed E-state index contributed by atoms with van der Waals surface area (Å²) in [5.74, 6) is 0. The van der Waals surface area contributed by atoms with Gasteiger partial charge in [-0.3, -0.25) is 10.1 Å². The number of benzene rings is 1. The molecule has 0 aliphatic carbocycles. The third-order valence-electron chi connectivity index (χ3n) is 2.09. The van der Waals surface area contributed by atoms with E-state index in [1.165, 1.54) is 23.5 Å². The number of nitrogens with zero attached hydrogens (tertiary/aromatic N) is 2. The molecule has 0 radical (unpaired) electrons. The van der Waals surface area contributed by atoms with Crippen molar-refractivity contribution in [2.75, 3.05) is 11.1 Å². The lowest BCUT2D eigenvalue weighted by molar-refractivity contribution is -0.383. The van der Waals surface area contributed by atoms with Crippen LogP contribution in [0.4, 0.5) is 22.2 Å². The maximum absolute atomic E-state index is 10.6. The number of nitrogens with one attached hydrogen (secondary N) is 1. The number of aromatic nitrogens is 1. The van der Waals surface area contributed by atoms with Gasteiger partial charge in [-0.1, -0.05) is 0 Å². The quantitative estimate of drug-likeness (QED) is 0.496. The SMILES string of the molecule is Cc1csc(Nc2ccc([N+](=O)[O-])c(N)c2)n1. The molecule has 88 valence electrons. The Morgan fingerprint density at radius 2 is 2.29 bits per heavy atom. The molecule has 0 saturated heterocycles. The minimum atomic E-state index is -0.507. The van der Waals surface area contributed by atoms with Crippen molar-refractivity contribution in [2.45, 2.75) is 6.92 Å². The Kier molecular flexibility index (Phi) is 2.92. The monoisotopic (exact) mass is 250 g/mol. The largest absolute Gasteiger partial charge is 0.393 e. The Hall–Kier alpha value is -2.15. The number of nitrogens with two attached hydrogens (primary N) is 1. The van der Waals surface area contributed by atoms with Crippen LogP contribution in [0, 0.1) is 17.0 Å². The molecule has 0 fully saturated rings. The summed E-state index contributed by atoms with van der Waals surface area (Å²) in [7, 11) is 0. The molecular weight excluding hydrogens is 240 g/mol. The molecule has 0 aliphatic rings. The molecule has 0 saturated carbocycles. The number of aryl methyl sites for hydroxylation is 1. The number of nitro groups is 1. The van der Waals surface area contributed by atoms with Gasteiger partial charge in [0.15, 0.2) is 5.13 Å². The normalized spacial score (nSPS) is 10.2.